The molecule has 11 nitrogen and oxygen atoms in total. The van der Waals surface area contributed by atoms with Crippen molar-refractivity contribution < 1.29 is 49.3 Å². The first kappa shape index (κ1) is 72.8. The number of amides is 1. The predicted molar refractivity (Wildman–Crippen MR) is 328 cm³/mol. The van der Waals surface area contributed by atoms with E-state index in [1.165, 1.54) is 70.6 Å². The second-order valence-electron chi connectivity index (χ2n) is 20.7. The van der Waals surface area contributed by atoms with Crippen LogP contribution in [0.2, 0.25) is 0 Å². The molecule has 1 aliphatic rings. The Bertz CT molecular complexity index is 1790. The van der Waals surface area contributed by atoms with Crippen molar-refractivity contribution in [2.24, 2.45) is 0 Å². The van der Waals surface area contributed by atoms with Gasteiger partial charge in [-0.2, -0.15) is 0 Å². The molecule has 0 radical (unpaired) electrons. The number of carbonyl (C=O) groups excluding carboxylic acids is 2. The van der Waals surface area contributed by atoms with Crippen LogP contribution in [0.15, 0.2) is 134 Å². The summed E-state index contributed by atoms with van der Waals surface area (Å²) in [7, 11) is 0. The zero-order valence-corrected chi connectivity index (χ0v) is 49.4. The molecule has 0 aliphatic carbocycles. The molecule has 0 aromatic rings. The number of hydrogen-bond acceptors (Lipinski definition) is 10. The van der Waals surface area contributed by atoms with Crippen molar-refractivity contribution in [1.29, 1.82) is 0 Å². The topological polar surface area (TPSA) is 175 Å². The summed E-state index contributed by atoms with van der Waals surface area (Å²) in [4.78, 5) is 26.5. The van der Waals surface area contributed by atoms with E-state index in [0.29, 0.717) is 19.3 Å². The van der Waals surface area contributed by atoms with E-state index in [1.807, 2.05) is 18.2 Å². The molecule has 448 valence electrons. The quantitative estimate of drug-likeness (QED) is 0.0195. The van der Waals surface area contributed by atoms with E-state index in [4.69, 9.17) is 14.2 Å². The Kier molecular flexibility index (Phi) is 50.1. The highest BCUT2D eigenvalue weighted by Crippen LogP contribution is 2.26. The van der Waals surface area contributed by atoms with Gasteiger partial charge in [-0.05, 0) is 109 Å². The highest BCUT2D eigenvalue weighted by Gasteiger charge is 2.47. The molecule has 1 aliphatic heterocycles. The van der Waals surface area contributed by atoms with Crippen LogP contribution in [0.25, 0.3) is 0 Å². The summed E-state index contributed by atoms with van der Waals surface area (Å²) < 4.78 is 17.5. The van der Waals surface area contributed by atoms with Gasteiger partial charge in [-0.1, -0.05) is 238 Å². The first-order valence-electron chi connectivity index (χ1n) is 31.0. The molecular weight excluding hydrogens is 991 g/mol. The summed E-state index contributed by atoms with van der Waals surface area (Å²) in [5, 5.41) is 56.9. The second-order valence-corrected chi connectivity index (χ2v) is 20.7. The molecular formula is C68H111NO10. The van der Waals surface area contributed by atoms with E-state index < -0.39 is 67.4 Å². The summed E-state index contributed by atoms with van der Waals surface area (Å²) in [6.45, 7) is 5.57. The van der Waals surface area contributed by atoms with Crippen LogP contribution in [0, 0.1) is 0 Å². The van der Waals surface area contributed by atoms with Gasteiger partial charge in [0.2, 0.25) is 5.91 Å². The molecule has 8 unspecified atom stereocenters. The Hall–Kier alpha value is -4.20. The minimum Gasteiger partial charge on any atom is -0.454 e. The molecule has 0 aromatic heterocycles. The van der Waals surface area contributed by atoms with Crippen LogP contribution in [-0.4, -0.2) is 99.6 Å². The molecule has 1 amide bonds. The third kappa shape index (κ3) is 42.3. The standard InChI is InChI=1S/C68H111NO10/c1-4-7-10-13-16-19-22-25-27-29-31-33-35-38-41-44-47-50-53-56-63(73)79-66-65(75)64(74)62(57-70)78-68(66)77-58-59(60(71)54-51-48-45-42-39-36-24-21-18-15-12-9-6-3)69-67(76)61(72)55-52-49-46-43-40-37-34-32-30-28-26-23-20-17-14-11-8-5-2/h7,10,16-17,19-20,25-28,31-34,38,40-41,43,47,50-51,54,59-62,64-66,68,70-72,74-75H,4-6,8-9,11-15,18,21-24,29-30,35-37,39,42,44-46,48-49,52-53,55-58H2,1-3H3,(H,69,76)/b10-7-,19-16-,20-17-,27-25-,28-26-,33-31-,34-32-,41-38-,43-40-,50-47-,54-51+. The number of esters is 1. The molecule has 0 aromatic carbocycles. The highest BCUT2D eigenvalue weighted by atomic mass is 16.7. The molecule has 1 saturated heterocycles. The normalized spacial score (nSPS) is 19.8. The van der Waals surface area contributed by atoms with Crippen molar-refractivity contribution in [1.82, 2.24) is 5.32 Å². The molecule has 0 spiro atoms. The van der Waals surface area contributed by atoms with Gasteiger partial charge in [-0.3, -0.25) is 9.59 Å². The third-order valence-electron chi connectivity index (χ3n) is 13.5. The van der Waals surface area contributed by atoms with E-state index in [0.717, 1.165) is 96.3 Å². The number of ether oxygens (including phenoxy) is 3. The molecule has 11 heteroatoms. The van der Waals surface area contributed by atoms with Crippen LogP contribution in [0.1, 0.15) is 220 Å². The van der Waals surface area contributed by atoms with Crippen LogP contribution >= 0.6 is 0 Å². The lowest BCUT2D eigenvalue weighted by Gasteiger charge is -2.41. The first-order chi connectivity index (χ1) is 38.7. The average Bonchev–Trinajstić information content (AvgIpc) is 3.49. The van der Waals surface area contributed by atoms with Gasteiger partial charge >= 0.3 is 5.97 Å². The number of rotatable bonds is 50. The van der Waals surface area contributed by atoms with Gasteiger partial charge in [-0.15, -0.1) is 0 Å². The Morgan fingerprint density at radius 1 is 0.506 bits per heavy atom. The van der Waals surface area contributed by atoms with Crippen molar-refractivity contribution in [3.8, 4) is 0 Å². The fraction of sp³-hybridized carbons (Fsp3) is 0.647. The number of nitrogens with one attached hydrogen (secondary N) is 1. The minimum absolute atomic E-state index is 0.0135. The summed E-state index contributed by atoms with van der Waals surface area (Å²) in [6.07, 6.45) is 66.4. The number of aliphatic hydroxyl groups excluding tert-OH is 5. The Balaban J connectivity index is 2.78. The van der Waals surface area contributed by atoms with Crippen LogP contribution in [0.4, 0.5) is 0 Å². The largest absolute Gasteiger partial charge is 0.454 e. The van der Waals surface area contributed by atoms with Crippen molar-refractivity contribution >= 4 is 11.9 Å². The van der Waals surface area contributed by atoms with E-state index in [-0.39, 0.29) is 19.4 Å². The van der Waals surface area contributed by atoms with Gasteiger partial charge < -0.3 is 45.1 Å². The van der Waals surface area contributed by atoms with Crippen LogP contribution in [0.3, 0.4) is 0 Å². The molecule has 1 rings (SSSR count). The predicted octanol–water partition coefficient (Wildman–Crippen LogP) is 14.8. The summed E-state index contributed by atoms with van der Waals surface area (Å²) in [5.74, 6) is -1.33. The Labute approximate surface area is 480 Å². The number of allylic oxidation sites excluding steroid dienone is 21. The molecule has 0 bridgehead atoms. The molecule has 1 fully saturated rings. The van der Waals surface area contributed by atoms with Crippen molar-refractivity contribution in [3.05, 3.63) is 134 Å². The van der Waals surface area contributed by atoms with Crippen LogP contribution in [0.5, 0.6) is 0 Å². The summed E-state index contributed by atoms with van der Waals surface area (Å²) >= 11 is 0. The van der Waals surface area contributed by atoms with Crippen LogP contribution < -0.4 is 5.32 Å². The molecule has 6 N–H and O–H groups in total. The maximum atomic E-state index is 13.4. The second kappa shape index (κ2) is 54.4. The van der Waals surface area contributed by atoms with Gasteiger partial charge in [0, 0.05) is 6.42 Å². The van der Waals surface area contributed by atoms with Gasteiger partial charge in [0.1, 0.15) is 24.4 Å². The fourth-order valence-electron chi connectivity index (χ4n) is 8.66. The summed E-state index contributed by atoms with van der Waals surface area (Å²) in [6, 6.07) is -1.07. The third-order valence-corrected chi connectivity index (χ3v) is 13.5. The molecule has 0 saturated carbocycles. The maximum Gasteiger partial charge on any atom is 0.306 e. The zero-order valence-electron chi connectivity index (χ0n) is 49.4. The van der Waals surface area contributed by atoms with Gasteiger partial charge in [0.25, 0.3) is 0 Å². The van der Waals surface area contributed by atoms with Crippen molar-refractivity contribution in [2.45, 2.75) is 269 Å². The molecule has 1 heterocycles. The molecule has 8 atom stereocenters. The Morgan fingerprint density at radius 2 is 0.911 bits per heavy atom. The number of aliphatic hydroxyl groups is 5. The first-order valence-corrected chi connectivity index (χ1v) is 31.0. The highest BCUT2D eigenvalue weighted by molar-refractivity contribution is 5.80. The smallest absolute Gasteiger partial charge is 0.306 e. The zero-order chi connectivity index (χ0) is 57.5. The Morgan fingerprint density at radius 3 is 1.39 bits per heavy atom. The van der Waals surface area contributed by atoms with Crippen molar-refractivity contribution in [2.75, 3.05) is 13.2 Å². The maximum absolute atomic E-state index is 13.4. The number of carbonyl (C=O) groups is 2. The average molecular weight is 1100 g/mol. The lowest BCUT2D eigenvalue weighted by atomic mass is 9.99. The van der Waals surface area contributed by atoms with E-state index in [2.05, 4.69) is 135 Å². The van der Waals surface area contributed by atoms with E-state index in [1.54, 1.807) is 6.08 Å². The SMILES string of the molecule is CC/C=C\C/C=C\C/C=C\C/C=C\C/C=C\C/C=C\CCC(=O)OC1C(OCC(NC(=O)C(O)CCCC/C=C\C/C=C\C/C=C\C/C=C\CCCCC)C(O)/C=C/CCCCCCCCCCCCC)OC(CO)C(O)C1O. The molecule has 79 heavy (non-hydrogen) atoms. The van der Waals surface area contributed by atoms with Gasteiger partial charge in [-0.25, -0.2) is 0 Å². The van der Waals surface area contributed by atoms with Gasteiger partial charge in [0.15, 0.2) is 12.4 Å². The lowest BCUT2D eigenvalue weighted by Crippen LogP contribution is -2.61. The van der Waals surface area contributed by atoms with Crippen molar-refractivity contribution in [3.63, 3.8) is 0 Å². The van der Waals surface area contributed by atoms with Gasteiger partial charge in [0.05, 0.1) is 25.4 Å². The lowest BCUT2D eigenvalue weighted by molar-refractivity contribution is -0.305. The monoisotopic (exact) mass is 1100 g/mol. The number of hydrogen-bond donors (Lipinski definition) is 6. The van der Waals surface area contributed by atoms with Crippen LogP contribution in [-0.2, 0) is 23.8 Å². The van der Waals surface area contributed by atoms with E-state index >= 15 is 0 Å². The fourth-order valence-corrected chi connectivity index (χ4v) is 8.66. The minimum atomic E-state index is -1.66. The summed E-state index contributed by atoms with van der Waals surface area (Å²) in [5.41, 5.74) is 0. The van der Waals surface area contributed by atoms with E-state index in [9.17, 15) is 35.1 Å². The number of unbranched alkanes of at least 4 members (excludes halogenated alkanes) is 16.